The van der Waals surface area contributed by atoms with Crippen molar-refractivity contribution in [2.75, 3.05) is 31.2 Å². The van der Waals surface area contributed by atoms with E-state index < -0.39 is 11.3 Å². The molecule has 4 heterocycles. The lowest BCUT2D eigenvalue weighted by Gasteiger charge is -2.29. The van der Waals surface area contributed by atoms with E-state index in [-0.39, 0.29) is 11.5 Å². The number of anilines is 1. The van der Waals surface area contributed by atoms with Crippen molar-refractivity contribution >= 4 is 51.2 Å². The molecule has 11 heteroatoms. The van der Waals surface area contributed by atoms with E-state index in [1.165, 1.54) is 27.9 Å². The summed E-state index contributed by atoms with van der Waals surface area (Å²) in [4.78, 5) is 25.5. The minimum absolute atomic E-state index is 0.126. The van der Waals surface area contributed by atoms with Gasteiger partial charge in [-0.3, -0.25) is 9.20 Å². The van der Waals surface area contributed by atoms with Gasteiger partial charge in [-0.25, -0.2) is 14.4 Å². The van der Waals surface area contributed by atoms with E-state index in [1.54, 1.807) is 18.5 Å². The summed E-state index contributed by atoms with van der Waals surface area (Å²) in [5.41, 5.74) is 1.63. The van der Waals surface area contributed by atoms with Crippen molar-refractivity contribution in [2.24, 2.45) is 0 Å². The molecule has 1 aromatic carbocycles. The highest BCUT2D eigenvalue weighted by Gasteiger charge is 2.20. The van der Waals surface area contributed by atoms with Gasteiger partial charge in [-0.1, -0.05) is 6.07 Å². The van der Waals surface area contributed by atoms with Gasteiger partial charge >= 0.3 is 5.56 Å². The van der Waals surface area contributed by atoms with Crippen LogP contribution in [-0.4, -0.2) is 45.8 Å². The van der Waals surface area contributed by atoms with Crippen LogP contribution in [0.1, 0.15) is 10.4 Å². The summed E-state index contributed by atoms with van der Waals surface area (Å²) < 4.78 is 20.7. The molecule has 1 saturated heterocycles. The van der Waals surface area contributed by atoms with Gasteiger partial charge in [0.2, 0.25) is 5.75 Å². The van der Waals surface area contributed by atoms with Crippen molar-refractivity contribution in [1.29, 1.82) is 0 Å². The SMILES string of the molecule is O=c1c(O)c(-c2ncc(Cc3ccc(F)cc3S)s2)nc2c(Br)cc(N3CCOCC3)cn12. The number of benzene rings is 1. The molecular formula is C22H18BrFN4O3S2. The fourth-order valence-electron chi connectivity index (χ4n) is 3.69. The predicted molar refractivity (Wildman–Crippen MR) is 131 cm³/mol. The van der Waals surface area contributed by atoms with E-state index in [9.17, 15) is 14.3 Å². The summed E-state index contributed by atoms with van der Waals surface area (Å²) in [5, 5.41) is 11.1. The Labute approximate surface area is 206 Å². The number of pyridine rings is 1. The number of morpholine rings is 1. The molecular weight excluding hydrogens is 531 g/mol. The number of rotatable bonds is 4. The highest BCUT2D eigenvalue weighted by atomic mass is 79.9. The van der Waals surface area contributed by atoms with Crippen LogP contribution in [0.15, 0.2) is 50.8 Å². The maximum absolute atomic E-state index is 13.3. The fourth-order valence-corrected chi connectivity index (χ4v) is 5.41. The third kappa shape index (κ3) is 4.37. The minimum atomic E-state index is -0.571. The van der Waals surface area contributed by atoms with Crippen LogP contribution in [0, 0.1) is 5.82 Å². The summed E-state index contributed by atoms with van der Waals surface area (Å²) in [5.74, 6) is -0.807. The van der Waals surface area contributed by atoms with Crippen molar-refractivity contribution in [2.45, 2.75) is 11.3 Å². The molecule has 0 bridgehead atoms. The normalized spacial score (nSPS) is 14.2. The van der Waals surface area contributed by atoms with E-state index in [0.29, 0.717) is 52.7 Å². The van der Waals surface area contributed by atoms with Crippen molar-refractivity contribution in [3.8, 4) is 16.5 Å². The van der Waals surface area contributed by atoms with Crippen LogP contribution in [0.3, 0.4) is 0 Å². The molecule has 5 rings (SSSR count). The molecule has 0 aliphatic carbocycles. The first-order valence-electron chi connectivity index (χ1n) is 10.1. The van der Waals surface area contributed by atoms with Gasteiger partial charge in [0.25, 0.3) is 0 Å². The maximum atomic E-state index is 13.3. The van der Waals surface area contributed by atoms with Crippen LogP contribution in [-0.2, 0) is 11.2 Å². The molecule has 1 N–H and O–H groups in total. The van der Waals surface area contributed by atoms with Gasteiger partial charge in [0.15, 0.2) is 5.65 Å². The lowest BCUT2D eigenvalue weighted by atomic mass is 10.1. The minimum Gasteiger partial charge on any atom is -0.501 e. The summed E-state index contributed by atoms with van der Waals surface area (Å²) in [6.07, 6.45) is 3.84. The molecule has 3 aromatic heterocycles. The van der Waals surface area contributed by atoms with Gasteiger partial charge in [0, 0.05) is 41.7 Å². The third-order valence-corrected chi connectivity index (χ3v) is 7.39. The number of ether oxygens (including phenoxy) is 1. The number of fused-ring (bicyclic) bond motifs is 1. The number of hydrogen-bond acceptors (Lipinski definition) is 8. The Morgan fingerprint density at radius 3 is 2.82 bits per heavy atom. The second-order valence-corrected chi connectivity index (χ2v) is 9.99. The van der Waals surface area contributed by atoms with Gasteiger partial charge in [0.05, 0.1) is 23.4 Å². The molecule has 0 atom stereocenters. The number of thiol groups is 1. The Morgan fingerprint density at radius 1 is 1.27 bits per heavy atom. The van der Waals surface area contributed by atoms with Gasteiger partial charge in [-0.2, -0.15) is 0 Å². The first-order valence-corrected chi connectivity index (χ1v) is 12.2. The Morgan fingerprint density at radius 2 is 2.06 bits per heavy atom. The van der Waals surface area contributed by atoms with Crippen LogP contribution in [0.4, 0.5) is 10.1 Å². The molecule has 0 saturated carbocycles. The number of aromatic nitrogens is 3. The van der Waals surface area contributed by atoms with E-state index in [0.717, 1.165) is 16.1 Å². The quantitative estimate of drug-likeness (QED) is 0.373. The first kappa shape index (κ1) is 22.3. The number of thiazole rings is 1. The smallest absolute Gasteiger partial charge is 0.300 e. The topological polar surface area (TPSA) is 80.0 Å². The zero-order valence-corrected chi connectivity index (χ0v) is 20.5. The predicted octanol–water partition coefficient (Wildman–Crippen LogP) is 4.14. The zero-order chi connectivity index (χ0) is 23.1. The Balaban J connectivity index is 1.52. The van der Waals surface area contributed by atoms with Crippen molar-refractivity contribution in [3.05, 3.63) is 67.7 Å². The second-order valence-electron chi connectivity index (χ2n) is 7.53. The summed E-state index contributed by atoms with van der Waals surface area (Å²) in [6, 6.07) is 6.33. The summed E-state index contributed by atoms with van der Waals surface area (Å²) in [6.45, 7) is 2.67. The van der Waals surface area contributed by atoms with E-state index in [4.69, 9.17) is 4.74 Å². The first-order chi connectivity index (χ1) is 15.9. The fraction of sp³-hybridized carbons (Fsp3) is 0.227. The molecule has 1 fully saturated rings. The van der Waals surface area contributed by atoms with E-state index in [1.807, 2.05) is 6.07 Å². The number of halogens is 2. The average molecular weight is 549 g/mol. The highest BCUT2D eigenvalue weighted by molar-refractivity contribution is 9.10. The van der Waals surface area contributed by atoms with Crippen LogP contribution in [0.5, 0.6) is 5.75 Å². The molecule has 33 heavy (non-hydrogen) atoms. The molecule has 0 spiro atoms. The number of hydrogen-bond donors (Lipinski definition) is 2. The molecule has 7 nitrogen and oxygen atoms in total. The zero-order valence-electron chi connectivity index (χ0n) is 17.2. The van der Waals surface area contributed by atoms with Crippen molar-refractivity contribution < 1.29 is 14.2 Å². The lowest BCUT2D eigenvalue weighted by molar-refractivity contribution is 0.122. The monoisotopic (exact) mass is 548 g/mol. The van der Waals surface area contributed by atoms with Crippen LogP contribution in [0.2, 0.25) is 0 Å². The Kier molecular flexibility index (Phi) is 6.12. The highest BCUT2D eigenvalue weighted by Crippen LogP contribution is 2.33. The molecule has 0 amide bonds. The van der Waals surface area contributed by atoms with E-state index in [2.05, 4.69) is 43.4 Å². The van der Waals surface area contributed by atoms with E-state index >= 15 is 0 Å². The largest absolute Gasteiger partial charge is 0.501 e. The van der Waals surface area contributed by atoms with Crippen LogP contribution >= 0.6 is 39.9 Å². The Bertz CT molecular complexity index is 1420. The van der Waals surface area contributed by atoms with Crippen molar-refractivity contribution in [1.82, 2.24) is 14.4 Å². The summed E-state index contributed by atoms with van der Waals surface area (Å²) >= 11 is 9.17. The lowest BCUT2D eigenvalue weighted by Crippen LogP contribution is -2.36. The summed E-state index contributed by atoms with van der Waals surface area (Å²) in [7, 11) is 0. The van der Waals surface area contributed by atoms with Gasteiger partial charge in [-0.05, 0) is 39.7 Å². The van der Waals surface area contributed by atoms with Crippen LogP contribution in [0.25, 0.3) is 16.3 Å². The standard InChI is InChI=1S/C22H18BrFN4O3S2/c23-16-9-14(27-3-5-31-6-4-27)11-28-20(16)26-18(19(29)22(28)30)21-25-10-15(33-21)7-12-1-2-13(24)8-17(12)32/h1-2,8-11,29,32H,3-7H2. The molecule has 1 aliphatic rings. The van der Waals surface area contributed by atoms with Crippen LogP contribution < -0.4 is 10.5 Å². The molecule has 0 radical (unpaired) electrons. The molecule has 4 aromatic rings. The number of aromatic hydroxyl groups is 1. The number of nitrogens with zero attached hydrogens (tertiary/aromatic N) is 4. The average Bonchev–Trinajstić information content (AvgIpc) is 3.27. The van der Waals surface area contributed by atoms with Gasteiger partial charge in [0.1, 0.15) is 16.5 Å². The van der Waals surface area contributed by atoms with Gasteiger partial charge < -0.3 is 14.7 Å². The van der Waals surface area contributed by atoms with Gasteiger partial charge in [-0.15, -0.1) is 24.0 Å². The second kappa shape index (κ2) is 9.05. The molecule has 170 valence electrons. The third-order valence-electron chi connectivity index (χ3n) is 5.39. The molecule has 0 unspecified atom stereocenters. The maximum Gasteiger partial charge on any atom is 0.300 e. The Hall–Kier alpha value is -2.47. The molecule has 1 aliphatic heterocycles. The van der Waals surface area contributed by atoms with Crippen molar-refractivity contribution in [3.63, 3.8) is 0 Å².